The number of nitrogens with two attached hydrogens (primary N) is 1. The van der Waals surface area contributed by atoms with E-state index in [1.807, 2.05) is 31.2 Å². The Morgan fingerprint density at radius 3 is 2.72 bits per heavy atom. The molecule has 0 amide bonds. The molecule has 0 aliphatic carbocycles. The summed E-state index contributed by atoms with van der Waals surface area (Å²) < 4.78 is 5.86. The second kappa shape index (κ2) is 5.98. The monoisotopic (exact) mass is 262 g/mol. The van der Waals surface area contributed by atoms with Gasteiger partial charge in [-0.05, 0) is 32.5 Å². The van der Waals surface area contributed by atoms with Gasteiger partial charge in [-0.2, -0.15) is 0 Å². The fourth-order valence-electron chi connectivity index (χ4n) is 1.64. The van der Waals surface area contributed by atoms with E-state index < -0.39 is 0 Å². The van der Waals surface area contributed by atoms with Gasteiger partial charge >= 0.3 is 0 Å². The Morgan fingerprint density at radius 2 is 2.06 bits per heavy atom. The van der Waals surface area contributed by atoms with Crippen LogP contribution >= 0.6 is 11.3 Å². The van der Waals surface area contributed by atoms with Crippen LogP contribution in [0.4, 0.5) is 0 Å². The van der Waals surface area contributed by atoms with Gasteiger partial charge in [-0.1, -0.05) is 17.7 Å². The number of ether oxygens (including phenoxy) is 1. The number of thiazole rings is 1. The zero-order valence-corrected chi connectivity index (χ0v) is 11.5. The van der Waals surface area contributed by atoms with Crippen molar-refractivity contribution in [3.63, 3.8) is 0 Å². The maximum Gasteiger partial charge on any atom is 0.147 e. The van der Waals surface area contributed by atoms with E-state index in [1.54, 1.807) is 11.3 Å². The summed E-state index contributed by atoms with van der Waals surface area (Å²) in [5.41, 5.74) is 7.80. The van der Waals surface area contributed by atoms with E-state index in [2.05, 4.69) is 17.3 Å². The Bertz CT molecular complexity index is 493. The van der Waals surface area contributed by atoms with Crippen LogP contribution in [0.2, 0.25) is 0 Å². The largest absolute Gasteiger partial charge is 0.484 e. The lowest BCUT2D eigenvalue weighted by molar-refractivity contribution is 0.226. The highest BCUT2D eigenvalue weighted by Gasteiger charge is 2.11. The molecule has 1 aromatic carbocycles. The van der Waals surface area contributed by atoms with Crippen molar-refractivity contribution in [2.75, 3.05) is 6.54 Å². The smallest absolute Gasteiger partial charge is 0.147 e. The molecule has 2 rings (SSSR count). The molecule has 1 aromatic heterocycles. The first-order chi connectivity index (χ1) is 8.69. The molecule has 4 heteroatoms. The van der Waals surface area contributed by atoms with Gasteiger partial charge in [0.25, 0.3) is 0 Å². The van der Waals surface area contributed by atoms with E-state index in [1.165, 1.54) is 5.56 Å². The molecule has 1 unspecified atom stereocenters. The topological polar surface area (TPSA) is 48.1 Å². The first-order valence-electron chi connectivity index (χ1n) is 6.06. The molecule has 0 aliphatic rings. The summed E-state index contributed by atoms with van der Waals surface area (Å²) >= 11 is 1.63. The van der Waals surface area contributed by atoms with Crippen LogP contribution in [0.15, 0.2) is 29.6 Å². The van der Waals surface area contributed by atoms with Gasteiger partial charge in [-0.15, -0.1) is 11.3 Å². The van der Waals surface area contributed by atoms with Crippen LogP contribution < -0.4 is 10.5 Å². The number of aryl methyl sites for hydroxylation is 1. The van der Waals surface area contributed by atoms with Gasteiger partial charge in [0, 0.05) is 11.8 Å². The molecule has 18 heavy (non-hydrogen) atoms. The molecule has 0 spiro atoms. The van der Waals surface area contributed by atoms with E-state index >= 15 is 0 Å². The minimum atomic E-state index is -0.0239. The van der Waals surface area contributed by atoms with Gasteiger partial charge in [0.2, 0.25) is 0 Å². The minimum absolute atomic E-state index is 0.0239. The number of aromatic nitrogens is 1. The van der Waals surface area contributed by atoms with E-state index in [0.717, 1.165) is 22.9 Å². The maximum atomic E-state index is 5.86. The number of nitrogens with zero attached hydrogens (tertiary/aromatic N) is 1. The summed E-state index contributed by atoms with van der Waals surface area (Å²) in [5.74, 6) is 0.878. The minimum Gasteiger partial charge on any atom is -0.484 e. The van der Waals surface area contributed by atoms with Gasteiger partial charge < -0.3 is 10.5 Å². The number of hydrogen-bond acceptors (Lipinski definition) is 4. The summed E-state index contributed by atoms with van der Waals surface area (Å²) in [6.45, 7) is 4.72. The van der Waals surface area contributed by atoms with Crippen molar-refractivity contribution in [3.8, 4) is 5.75 Å². The Kier molecular flexibility index (Phi) is 4.33. The van der Waals surface area contributed by atoms with Crippen molar-refractivity contribution >= 4 is 11.3 Å². The second-order valence-corrected chi connectivity index (χ2v) is 5.18. The summed E-state index contributed by atoms with van der Waals surface area (Å²) in [6, 6.07) is 8.06. The van der Waals surface area contributed by atoms with Crippen LogP contribution in [0.5, 0.6) is 5.75 Å². The lowest BCUT2D eigenvalue weighted by Crippen LogP contribution is -2.05. The summed E-state index contributed by atoms with van der Waals surface area (Å²) in [7, 11) is 0. The second-order valence-electron chi connectivity index (χ2n) is 4.29. The molecule has 1 heterocycles. The van der Waals surface area contributed by atoms with Crippen LogP contribution in [0.25, 0.3) is 0 Å². The predicted molar refractivity (Wildman–Crippen MR) is 75.1 cm³/mol. The Morgan fingerprint density at radius 1 is 1.33 bits per heavy atom. The van der Waals surface area contributed by atoms with Crippen molar-refractivity contribution in [1.82, 2.24) is 4.98 Å². The van der Waals surface area contributed by atoms with Crippen molar-refractivity contribution in [3.05, 3.63) is 45.9 Å². The molecule has 0 bridgehead atoms. The third kappa shape index (κ3) is 3.31. The molecule has 0 fully saturated rings. The van der Waals surface area contributed by atoms with E-state index in [-0.39, 0.29) is 6.10 Å². The first-order valence-corrected chi connectivity index (χ1v) is 6.94. The van der Waals surface area contributed by atoms with Crippen LogP contribution in [-0.4, -0.2) is 11.5 Å². The van der Waals surface area contributed by atoms with Gasteiger partial charge in [0.15, 0.2) is 0 Å². The first kappa shape index (κ1) is 13.1. The Balaban J connectivity index is 2.02. The third-order valence-corrected chi connectivity index (χ3v) is 3.71. The van der Waals surface area contributed by atoms with Gasteiger partial charge in [0.05, 0.1) is 5.69 Å². The van der Waals surface area contributed by atoms with Crippen LogP contribution in [-0.2, 0) is 6.42 Å². The number of hydrogen-bond donors (Lipinski definition) is 1. The third-order valence-electron chi connectivity index (χ3n) is 2.65. The van der Waals surface area contributed by atoms with E-state index in [0.29, 0.717) is 6.54 Å². The molecule has 0 aliphatic heterocycles. The zero-order valence-electron chi connectivity index (χ0n) is 10.7. The SMILES string of the molecule is Cc1ccc(OC(C)c2nc(CCN)cs2)cc1. The molecule has 3 nitrogen and oxygen atoms in total. The zero-order chi connectivity index (χ0) is 13.0. The molecular weight excluding hydrogens is 244 g/mol. The average molecular weight is 262 g/mol. The van der Waals surface area contributed by atoms with Crippen molar-refractivity contribution < 1.29 is 4.74 Å². The molecule has 1 atom stereocenters. The summed E-state index contributed by atoms with van der Waals surface area (Å²) in [6.07, 6.45) is 0.803. The molecule has 0 radical (unpaired) electrons. The lowest BCUT2D eigenvalue weighted by atomic mass is 10.2. The quantitative estimate of drug-likeness (QED) is 0.900. The normalized spacial score (nSPS) is 12.4. The molecule has 0 saturated carbocycles. The average Bonchev–Trinajstić information content (AvgIpc) is 2.81. The fraction of sp³-hybridized carbons (Fsp3) is 0.357. The Hall–Kier alpha value is -1.39. The van der Waals surface area contributed by atoms with Gasteiger partial charge in [0.1, 0.15) is 16.9 Å². The molecule has 0 saturated heterocycles. The molecule has 2 N–H and O–H groups in total. The van der Waals surface area contributed by atoms with Gasteiger partial charge in [-0.3, -0.25) is 0 Å². The van der Waals surface area contributed by atoms with Crippen LogP contribution in [0.1, 0.15) is 29.3 Å². The molecule has 96 valence electrons. The Labute approximate surface area is 112 Å². The maximum absolute atomic E-state index is 5.86. The number of benzene rings is 1. The summed E-state index contributed by atoms with van der Waals surface area (Å²) in [5, 5.41) is 3.05. The fourth-order valence-corrected chi connectivity index (χ4v) is 2.48. The van der Waals surface area contributed by atoms with Crippen molar-refractivity contribution in [1.29, 1.82) is 0 Å². The van der Waals surface area contributed by atoms with Crippen LogP contribution in [0, 0.1) is 6.92 Å². The number of rotatable bonds is 5. The van der Waals surface area contributed by atoms with E-state index in [9.17, 15) is 0 Å². The lowest BCUT2D eigenvalue weighted by Gasteiger charge is -2.12. The highest BCUT2D eigenvalue weighted by molar-refractivity contribution is 7.09. The predicted octanol–water partition coefficient (Wildman–Crippen LogP) is 3.09. The molecular formula is C14H18N2OS. The van der Waals surface area contributed by atoms with Crippen molar-refractivity contribution in [2.24, 2.45) is 5.73 Å². The van der Waals surface area contributed by atoms with Crippen LogP contribution in [0.3, 0.4) is 0 Å². The van der Waals surface area contributed by atoms with E-state index in [4.69, 9.17) is 10.5 Å². The van der Waals surface area contributed by atoms with Gasteiger partial charge in [-0.25, -0.2) is 4.98 Å². The van der Waals surface area contributed by atoms with Crippen molar-refractivity contribution in [2.45, 2.75) is 26.4 Å². The molecule has 2 aromatic rings. The highest BCUT2D eigenvalue weighted by atomic mass is 32.1. The summed E-state index contributed by atoms with van der Waals surface area (Å²) in [4.78, 5) is 4.53. The standard InChI is InChI=1S/C14H18N2OS/c1-10-3-5-13(6-4-10)17-11(2)14-16-12(7-8-15)9-18-14/h3-6,9,11H,7-8,15H2,1-2H3. The highest BCUT2D eigenvalue weighted by Crippen LogP contribution is 2.24.